The zero-order valence-corrected chi connectivity index (χ0v) is 12.3. The van der Waals surface area contributed by atoms with Crippen LogP contribution in [0.4, 0.5) is 5.69 Å². The molecule has 7 heteroatoms. The summed E-state index contributed by atoms with van der Waals surface area (Å²) in [6, 6.07) is 0. The molecule has 0 amide bonds. The predicted molar refractivity (Wildman–Crippen MR) is 74.6 cm³/mol. The zero-order valence-electron chi connectivity index (χ0n) is 10.7. The molecule has 6 nitrogen and oxygen atoms in total. The van der Waals surface area contributed by atoms with Crippen LogP contribution in [0.3, 0.4) is 0 Å². The van der Waals surface area contributed by atoms with E-state index in [0.29, 0.717) is 11.0 Å². The van der Waals surface area contributed by atoms with Crippen LogP contribution in [0.2, 0.25) is 0 Å². The molecule has 1 N–H and O–H groups in total. The second kappa shape index (κ2) is 5.81. The number of rotatable bonds is 3. The van der Waals surface area contributed by atoms with E-state index in [9.17, 15) is 4.79 Å². The Morgan fingerprint density at radius 1 is 1.39 bits per heavy atom. The molecule has 2 heterocycles. The maximum Gasteiger partial charge on any atom is 0.283 e. The molecule has 0 aromatic carbocycles. The summed E-state index contributed by atoms with van der Waals surface area (Å²) in [6.07, 6.45) is 1.69. The SMILES string of the molecule is CCn1ncc(NN2CCN(C)CC2)c(Br)c1=O. The Balaban J connectivity index is 2.10. The maximum absolute atomic E-state index is 11.9. The van der Waals surface area contributed by atoms with E-state index >= 15 is 0 Å². The Morgan fingerprint density at radius 2 is 2.06 bits per heavy atom. The molecule has 0 saturated carbocycles. The largest absolute Gasteiger partial charge is 0.316 e. The van der Waals surface area contributed by atoms with Crippen LogP contribution in [0.25, 0.3) is 0 Å². The third kappa shape index (κ3) is 2.90. The summed E-state index contributed by atoms with van der Waals surface area (Å²) in [4.78, 5) is 14.2. The lowest BCUT2D eigenvalue weighted by Gasteiger charge is -2.33. The van der Waals surface area contributed by atoms with Gasteiger partial charge in [0.15, 0.2) is 0 Å². The van der Waals surface area contributed by atoms with E-state index in [2.05, 4.69) is 43.4 Å². The van der Waals surface area contributed by atoms with Crippen molar-refractivity contribution in [3.05, 3.63) is 21.0 Å². The van der Waals surface area contributed by atoms with Gasteiger partial charge in [0.05, 0.1) is 11.9 Å². The van der Waals surface area contributed by atoms with Gasteiger partial charge >= 0.3 is 0 Å². The first-order valence-corrected chi connectivity index (χ1v) is 6.87. The lowest BCUT2D eigenvalue weighted by molar-refractivity contribution is 0.179. The van der Waals surface area contributed by atoms with E-state index in [1.807, 2.05) is 6.92 Å². The van der Waals surface area contributed by atoms with Gasteiger partial charge in [-0.3, -0.25) is 4.79 Å². The number of hydrogen-bond acceptors (Lipinski definition) is 5. The van der Waals surface area contributed by atoms with E-state index in [1.165, 1.54) is 4.68 Å². The highest BCUT2D eigenvalue weighted by Gasteiger charge is 2.15. The predicted octanol–water partition coefficient (Wildman–Crippen LogP) is 0.600. The molecule has 2 rings (SSSR count). The molecule has 0 unspecified atom stereocenters. The van der Waals surface area contributed by atoms with Gasteiger partial charge in [0, 0.05) is 32.7 Å². The number of hydrogen-bond donors (Lipinski definition) is 1. The molecule has 1 fully saturated rings. The summed E-state index contributed by atoms with van der Waals surface area (Å²) in [5, 5.41) is 6.22. The molecule has 1 aromatic rings. The van der Waals surface area contributed by atoms with E-state index in [-0.39, 0.29) is 5.56 Å². The molecule has 1 aliphatic heterocycles. The van der Waals surface area contributed by atoms with Crippen molar-refractivity contribution in [2.75, 3.05) is 38.7 Å². The molecule has 18 heavy (non-hydrogen) atoms. The van der Waals surface area contributed by atoms with Gasteiger partial charge in [-0.05, 0) is 29.9 Å². The molecule has 0 aliphatic carbocycles. The fourth-order valence-electron chi connectivity index (χ4n) is 1.86. The van der Waals surface area contributed by atoms with Crippen LogP contribution in [0.15, 0.2) is 15.5 Å². The molecule has 1 aromatic heterocycles. The van der Waals surface area contributed by atoms with Crippen molar-refractivity contribution in [3.8, 4) is 0 Å². The van der Waals surface area contributed by atoms with Crippen LogP contribution >= 0.6 is 15.9 Å². The first-order valence-electron chi connectivity index (χ1n) is 6.07. The number of aromatic nitrogens is 2. The fraction of sp³-hybridized carbons (Fsp3) is 0.636. The number of likely N-dealkylation sites (N-methyl/N-ethyl adjacent to an activating group) is 1. The van der Waals surface area contributed by atoms with Crippen molar-refractivity contribution in [2.24, 2.45) is 0 Å². The summed E-state index contributed by atoms with van der Waals surface area (Å²) in [5.74, 6) is 0. The highest BCUT2D eigenvalue weighted by atomic mass is 79.9. The second-order valence-corrected chi connectivity index (χ2v) is 5.19. The van der Waals surface area contributed by atoms with Crippen LogP contribution in [0.5, 0.6) is 0 Å². The van der Waals surface area contributed by atoms with Crippen LogP contribution in [-0.2, 0) is 6.54 Å². The molecule has 0 radical (unpaired) electrons. The Hall–Kier alpha value is -0.920. The summed E-state index contributed by atoms with van der Waals surface area (Å²) in [6.45, 7) is 6.37. The van der Waals surface area contributed by atoms with Crippen molar-refractivity contribution in [3.63, 3.8) is 0 Å². The first-order chi connectivity index (χ1) is 8.61. The highest BCUT2D eigenvalue weighted by Crippen LogP contribution is 2.17. The fourth-order valence-corrected chi connectivity index (χ4v) is 2.25. The molecular weight excluding hydrogens is 298 g/mol. The van der Waals surface area contributed by atoms with Gasteiger partial charge in [-0.1, -0.05) is 0 Å². The molecule has 0 spiro atoms. The third-order valence-electron chi connectivity index (χ3n) is 3.07. The van der Waals surface area contributed by atoms with E-state index in [1.54, 1.807) is 6.20 Å². The lowest BCUT2D eigenvalue weighted by atomic mass is 10.4. The number of halogens is 1. The van der Waals surface area contributed by atoms with Crippen LogP contribution in [0, 0.1) is 0 Å². The molecule has 0 bridgehead atoms. The van der Waals surface area contributed by atoms with Gasteiger partial charge in [0.25, 0.3) is 5.56 Å². The Labute approximate surface area is 115 Å². The lowest BCUT2D eigenvalue weighted by Crippen LogP contribution is -2.47. The molecule has 100 valence electrons. The normalized spacial score (nSPS) is 17.9. The molecular formula is C11H18BrN5O. The second-order valence-electron chi connectivity index (χ2n) is 4.40. The summed E-state index contributed by atoms with van der Waals surface area (Å²) in [7, 11) is 2.11. The monoisotopic (exact) mass is 315 g/mol. The number of hydrazine groups is 1. The van der Waals surface area contributed by atoms with E-state index < -0.39 is 0 Å². The average molecular weight is 316 g/mol. The number of anilines is 1. The zero-order chi connectivity index (χ0) is 13.1. The van der Waals surface area contributed by atoms with Gasteiger partial charge in [-0.2, -0.15) is 5.10 Å². The van der Waals surface area contributed by atoms with Gasteiger partial charge in [0.1, 0.15) is 4.47 Å². The van der Waals surface area contributed by atoms with Crippen molar-refractivity contribution in [1.29, 1.82) is 0 Å². The van der Waals surface area contributed by atoms with Crippen LogP contribution < -0.4 is 11.0 Å². The standard InChI is InChI=1S/C11H18BrN5O/c1-3-17-11(18)10(12)9(8-13-17)14-16-6-4-15(2)5-7-16/h8,14H,3-7H2,1-2H3. The maximum atomic E-state index is 11.9. The summed E-state index contributed by atoms with van der Waals surface area (Å²) in [5.41, 5.74) is 3.88. The van der Waals surface area contributed by atoms with E-state index in [4.69, 9.17) is 0 Å². The number of nitrogens with one attached hydrogen (secondary N) is 1. The smallest absolute Gasteiger partial charge is 0.283 e. The summed E-state index contributed by atoms with van der Waals surface area (Å²) >= 11 is 3.34. The minimum absolute atomic E-state index is 0.100. The molecule has 1 saturated heterocycles. The molecule has 1 aliphatic rings. The van der Waals surface area contributed by atoms with Gasteiger partial charge in [-0.25, -0.2) is 9.69 Å². The number of piperazine rings is 1. The van der Waals surface area contributed by atoms with Gasteiger partial charge in [0.2, 0.25) is 0 Å². The van der Waals surface area contributed by atoms with Crippen LogP contribution in [0.1, 0.15) is 6.92 Å². The van der Waals surface area contributed by atoms with Gasteiger partial charge in [-0.15, -0.1) is 0 Å². The number of nitrogens with zero attached hydrogens (tertiary/aromatic N) is 4. The van der Waals surface area contributed by atoms with E-state index in [0.717, 1.165) is 31.9 Å². The van der Waals surface area contributed by atoms with Gasteiger partial charge < -0.3 is 10.3 Å². The molecule has 0 atom stereocenters. The quantitative estimate of drug-likeness (QED) is 0.885. The van der Waals surface area contributed by atoms with Crippen molar-refractivity contribution < 1.29 is 0 Å². The first kappa shape index (κ1) is 13.5. The minimum atomic E-state index is -0.100. The Kier molecular flexibility index (Phi) is 4.36. The summed E-state index contributed by atoms with van der Waals surface area (Å²) < 4.78 is 1.97. The van der Waals surface area contributed by atoms with Crippen molar-refractivity contribution in [1.82, 2.24) is 19.7 Å². The minimum Gasteiger partial charge on any atom is -0.316 e. The average Bonchev–Trinajstić information content (AvgIpc) is 2.38. The third-order valence-corrected chi connectivity index (χ3v) is 3.83. The number of aryl methyl sites for hydroxylation is 1. The highest BCUT2D eigenvalue weighted by molar-refractivity contribution is 9.10. The van der Waals surface area contributed by atoms with Crippen molar-refractivity contribution in [2.45, 2.75) is 13.5 Å². The Bertz CT molecular complexity index is 467. The topological polar surface area (TPSA) is 53.4 Å². The Morgan fingerprint density at radius 3 is 2.67 bits per heavy atom. The van der Waals surface area contributed by atoms with Crippen LogP contribution in [-0.4, -0.2) is 52.9 Å². The van der Waals surface area contributed by atoms with Crippen molar-refractivity contribution >= 4 is 21.6 Å².